The molecule has 1 unspecified atom stereocenters. The molecule has 6 heteroatoms. The van der Waals surface area contributed by atoms with Crippen molar-refractivity contribution in [3.63, 3.8) is 0 Å². The van der Waals surface area contributed by atoms with Gasteiger partial charge in [0.2, 0.25) is 0 Å². The molecule has 0 aromatic heterocycles. The molecule has 1 aromatic rings. The third-order valence-electron chi connectivity index (χ3n) is 2.53. The summed E-state index contributed by atoms with van der Waals surface area (Å²) < 4.78 is 55.8. The van der Waals surface area contributed by atoms with Crippen molar-refractivity contribution >= 4 is 0 Å². The van der Waals surface area contributed by atoms with Gasteiger partial charge < -0.3 is 10.1 Å². The molecule has 1 atom stereocenters. The normalized spacial score (nSPS) is 13.7. The molecule has 1 aromatic carbocycles. The average Bonchev–Trinajstić information content (AvgIpc) is 2.29. The lowest BCUT2D eigenvalue weighted by molar-refractivity contribution is -0.138. The minimum Gasteiger partial charge on any atom is -0.380 e. The second-order valence-corrected chi connectivity index (χ2v) is 3.98. The fourth-order valence-corrected chi connectivity index (χ4v) is 1.46. The minimum absolute atomic E-state index is 0.0167. The van der Waals surface area contributed by atoms with Crippen LogP contribution in [-0.4, -0.2) is 19.8 Å². The highest BCUT2D eigenvalue weighted by Gasteiger charge is 2.33. The fourth-order valence-electron chi connectivity index (χ4n) is 1.46. The Morgan fingerprint density at radius 3 is 2.56 bits per heavy atom. The Morgan fingerprint density at radius 2 is 2.00 bits per heavy atom. The number of hydrogen-bond donors (Lipinski definition) is 1. The molecule has 102 valence electrons. The lowest BCUT2D eigenvalue weighted by Gasteiger charge is -2.15. The average molecular weight is 265 g/mol. The molecule has 0 fully saturated rings. The van der Waals surface area contributed by atoms with Crippen LogP contribution in [0.5, 0.6) is 0 Å². The molecule has 2 nitrogen and oxygen atoms in total. The second-order valence-electron chi connectivity index (χ2n) is 3.98. The molecule has 0 amide bonds. The third kappa shape index (κ3) is 4.27. The Bertz CT molecular complexity index is 392. The van der Waals surface area contributed by atoms with Crippen molar-refractivity contribution in [2.75, 3.05) is 13.7 Å². The molecule has 18 heavy (non-hydrogen) atoms. The number of halogens is 4. The second kappa shape index (κ2) is 6.15. The van der Waals surface area contributed by atoms with Crippen LogP contribution in [0.25, 0.3) is 0 Å². The summed E-state index contributed by atoms with van der Waals surface area (Å²) in [5, 5.41) is 2.84. The fraction of sp³-hybridized carbons (Fsp3) is 0.500. The first-order valence-electron chi connectivity index (χ1n) is 5.43. The van der Waals surface area contributed by atoms with Crippen LogP contribution in [0.4, 0.5) is 17.6 Å². The molecule has 0 spiro atoms. The Labute approximate surface area is 103 Å². The SMILES string of the molecule is COC(C)CNCc1ccc(F)cc1C(F)(F)F. The van der Waals surface area contributed by atoms with Gasteiger partial charge in [-0.2, -0.15) is 13.2 Å². The van der Waals surface area contributed by atoms with E-state index in [9.17, 15) is 17.6 Å². The van der Waals surface area contributed by atoms with Gasteiger partial charge in [-0.25, -0.2) is 4.39 Å². The van der Waals surface area contributed by atoms with Gasteiger partial charge in [0.25, 0.3) is 0 Å². The molecule has 0 radical (unpaired) electrons. The predicted molar refractivity (Wildman–Crippen MR) is 59.6 cm³/mol. The van der Waals surface area contributed by atoms with Crippen LogP contribution < -0.4 is 5.32 Å². The van der Waals surface area contributed by atoms with E-state index >= 15 is 0 Å². The lowest BCUT2D eigenvalue weighted by Crippen LogP contribution is -2.26. The molecule has 0 aliphatic heterocycles. The van der Waals surface area contributed by atoms with E-state index in [0.717, 1.165) is 12.1 Å². The maximum absolute atomic E-state index is 12.8. The molecule has 0 bridgehead atoms. The van der Waals surface area contributed by atoms with Crippen molar-refractivity contribution in [2.45, 2.75) is 25.7 Å². The number of hydrogen-bond acceptors (Lipinski definition) is 2. The highest BCUT2D eigenvalue weighted by Crippen LogP contribution is 2.32. The van der Waals surface area contributed by atoms with Crippen LogP contribution in [-0.2, 0) is 17.5 Å². The Kier molecular flexibility index (Phi) is 5.10. The maximum Gasteiger partial charge on any atom is 0.416 e. The van der Waals surface area contributed by atoms with Crippen LogP contribution in [0.3, 0.4) is 0 Å². The molecule has 0 saturated carbocycles. The van der Waals surface area contributed by atoms with E-state index < -0.39 is 17.6 Å². The summed E-state index contributed by atoms with van der Waals surface area (Å²) in [7, 11) is 1.52. The highest BCUT2D eigenvalue weighted by atomic mass is 19.4. The summed E-state index contributed by atoms with van der Waals surface area (Å²) in [6, 6.07) is 2.67. The van der Waals surface area contributed by atoms with Crippen molar-refractivity contribution in [1.82, 2.24) is 5.32 Å². The number of alkyl halides is 3. The Hall–Kier alpha value is -1.14. The van der Waals surface area contributed by atoms with Gasteiger partial charge in [-0.05, 0) is 24.6 Å². The Morgan fingerprint density at radius 1 is 1.33 bits per heavy atom. The molecule has 0 saturated heterocycles. The number of benzene rings is 1. The van der Waals surface area contributed by atoms with E-state index in [1.807, 2.05) is 0 Å². The zero-order valence-corrected chi connectivity index (χ0v) is 10.1. The largest absolute Gasteiger partial charge is 0.416 e. The molecular formula is C12H15F4NO. The first-order valence-corrected chi connectivity index (χ1v) is 5.43. The van der Waals surface area contributed by atoms with Crippen LogP contribution in [0, 0.1) is 5.82 Å². The number of rotatable bonds is 5. The van der Waals surface area contributed by atoms with Crippen LogP contribution >= 0.6 is 0 Å². The summed E-state index contributed by atoms with van der Waals surface area (Å²) in [5.41, 5.74) is -0.924. The van der Waals surface area contributed by atoms with Crippen LogP contribution in [0.2, 0.25) is 0 Å². The van der Waals surface area contributed by atoms with Crippen molar-refractivity contribution in [3.05, 3.63) is 35.1 Å². The molecule has 0 aliphatic rings. The standard InChI is InChI=1S/C12H15F4NO/c1-8(18-2)6-17-7-9-3-4-10(13)5-11(9)12(14,15)16/h3-5,8,17H,6-7H2,1-2H3. The third-order valence-corrected chi connectivity index (χ3v) is 2.53. The molecular weight excluding hydrogens is 250 g/mol. The van der Waals surface area contributed by atoms with Gasteiger partial charge in [0.15, 0.2) is 0 Å². The Balaban J connectivity index is 2.76. The lowest BCUT2D eigenvalue weighted by atomic mass is 10.1. The van der Waals surface area contributed by atoms with Gasteiger partial charge in [-0.15, -0.1) is 0 Å². The molecule has 1 rings (SSSR count). The zero-order chi connectivity index (χ0) is 13.8. The zero-order valence-electron chi connectivity index (χ0n) is 10.1. The van der Waals surface area contributed by atoms with Gasteiger partial charge in [-0.3, -0.25) is 0 Å². The van der Waals surface area contributed by atoms with Gasteiger partial charge in [-0.1, -0.05) is 6.07 Å². The van der Waals surface area contributed by atoms with Crippen LogP contribution in [0.15, 0.2) is 18.2 Å². The number of ether oxygens (including phenoxy) is 1. The number of nitrogens with one attached hydrogen (secondary N) is 1. The van der Waals surface area contributed by atoms with E-state index in [-0.39, 0.29) is 18.2 Å². The van der Waals surface area contributed by atoms with E-state index in [2.05, 4.69) is 5.32 Å². The highest BCUT2D eigenvalue weighted by molar-refractivity contribution is 5.30. The van der Waals surface area contributed by atoms with Crippen molar-refractivity contribution in [3.8, 4) is 0 Å². The smallest absolute Gasteiger partial charge is 0.380 e. The molecule has 0 aliphatic carbocycles. The molecule has 0 heterocycles. The van der Waals surface area contributed by atoms with Crippen molar-refractivity contribution < 1.29 is 22.3 Å². The summed E-state index contributed by atoms with van der Waals surface area (Å²) in [6.07, 6.45) is -4.65. The predicted octanol–water partition coefficient (Wildman–Crippen LogP) is 2.97. The van der Waals surface area contributed by atoms with E-state index in [1.54, 1.807) is 6.92 Å². The molecule has 1 N–H and O–H groups in total. The first-order chi connectivity index (χ1) is 8.34. The van der Waals surface area contributed by atoms with Gasteiger partial charge in [0.1, 0.15) is 5.82 Å². The summed E-state index contributed by atoms with van der Waals surface area (Å²) in [4.78, 5) is 0. The summed E-state index contributed by atoms with van der Waals surface area (Å²) in [5.74, 6) is -0.892. The topological polar surface area (TPSA) is 21.3 Å². The minimum atomic E-state index is -4.55. The quantitative estimate of drug-likeness (QED) is 0.826. The van der Waals surface area contributed by atoms with E-state index in [1.165, 1.54) is 7.11 Å². The first kappa shape index (κ1) is 14.9. The van der Waals surface area contributed by atoms with Gasteiger partial charge in [0.05, 0.1) is 11.7 Å². The van der Waals surface area contributed by atoms with Crippen molar-refractivity contribution in [2.24, 2.45) is 0 Å². The monoisotopic (exact) mass is 265 g/mol. The van der Waals surface area contributed by atoms with E-state index in [0.29, 0.717) is 12.6 Å². The number of methoxy groups -OCH3 is 1. The summed E-state index contributed by atoms with van der Waals surface area (Å²) >= 11 is 0. The maximum atomic E-state index is 12.8. The van der Waals surface area contributed by atoms with Crippen LogP contribution in [0.1, 0.15) is 18.1 Å². The van der Waals surface area contributed by atoms with E-state index in [4.69, 9.17) is 4.74 Å². The van der Waals surface area contributed by atoms with Crippen molar-refractivity contribution in [1.29, 1.82) is 0 Å². The summed E-state index contributed by atoms with van der Waals surface area (Å²) in [6.45, 7) is 2.23. The van der Waals surface area contributed by atoms with Gasteiger partial charge in [0, 0.05) is 20.2 Å². The van der Waals surface area contributed by atoms with Gasteiger partial charge >= 0.3 is 6.18 Å².